The van der Waals surface area contributed by atoms with Crippen LogP contribution >= 0.6 is 0 Å². The molecule has 2 nitrogen and oxygen atoms in total. The fraction of sp³-hybridized carbons (Fsp3) is 0.316. The standard InChI is InChI=1S/C19H20FNO/c1-12-7-13(2)17(14(3)8-12)9-15(11-21)18-10-16(20)5-6-19(18)22-4/h5-8,10,15H,9H2,1-4H3. The second kappa shape index (κ2) is 6.62. The van der Waals surface area contributed by atoms with Crippen LogP contribution in [-0.4, -0.2) is 7.11 Å². The third-order valence-electron chi connectivity index (χ3n) is 3.97. The molecule has 1 atom stereocenters. The van der Waals surface area contributed by atoms with Gasteiger partial charge in [-0.2, -0.15) is 5.26 Å². The largest absolute Gasteiger partial charge is 0.496 e. The summed E-state index contributed by atoms with van der Waals surface area (Å²) in [6.45, 7) is 6.15. The first-order valence-corrected chi connectivity index (χ1v) is 7.26. The maximum absolute atomic E-state index is 13.6. The van der Waals surface area contributed by atoms with E-state index in [4.69, 9.17) is 4.74 Å². The Morgan fingerprint density at radius 2 is 1.77 bits per heavy atom. The van der Waals surface area contributed by atoms with E-state index in [2.05, 4.69) is 25.1 Å². The summed E-state index contributed by atoms with van der Waals surface area (Å²) in [6, 6.07) is 10.8. The van der Waals surface area contributed by atoms with Gasteiger partial charge in [0.15, 0.2) is 0 Å². The zero-order valence-corrected chi connectivity index (χ0v) is 13.4. The van der Waals surface area contributed by atoms with E-state index in [1.54, 1.807) is 6.07 Å². The first kappa shape index (κ1) is 16.0. The molecule has 0 heterocycles. The van der Waals surface area contributed by atoms with E-state index in [1.165, 1.54) is 24.8 Å². The molecule has 0 aliphatic heterocycles. The van der Waals surface area contributed by atoms with Gasteiger partial charge in [-0.3, -0.25) is 0 Å². The summed E-state index contributed by atoms with van der Waals surface area (Å²) in [5, 5.41) is 9.56. The maximum Gasteiger partial charge on any atom is 0.123 e. The van der Waals surface area contributed by atoms with Crippen molar-refractivity contribution in [3.8, 4) is 11.8 Å². The predicted octanol–water partition coefficient (Wildman–Crippen LogP) is 4.61. The van der Waals surface area contributed by atoms with Crippen molar-refractivity contribution in [1.29, 1.82) is 5.26 Å². The van der Waals surface area contributed by atoms with Crippen LogP contribution < -0.4 is 4.74 Å². The maximum atomic E-state index is 13.6. The Hall–Kier alpha value is -2.34. The molecule has 0 fully saturated rings. The predicted molar refractivity (Wildman–Crippen MR) is 85.7 cm³/mol. The van der Waals surface area contributed by atoms with Gasteiger partial charge >= 0.3 is 0 Å². The van der Waals surface area contributed by atoms with Crippen LogP contribution in [0.2, 0.25) is 0 Å². The lowest BCUT2D eigenvalue weighted by Gasteiger charge is -2.17. The highest BCUT2D eigenvalue weighted by Crippen LogP contribution is 2.31. The first-order valence-electron chi connectivity index (χ1n) is 7.26. The Morgan fingerprint density at radius 1 is 1.14 bits per heavy atom. The van der Waals surface area contributed by atoms with Gasteiger partial charge in [-0.25, -0.2) is 4.39 Å². The zero-order chi connectivity index (χ0) is 16.3. The number of halogens is 1. The molecule has 0 spiro atoms. The summed E-state index contributed by atoms with van der Waals surface area (Å²) >= 11 is 0. The van der Waals surface area contributed by atoms with Gasteiger partial charge in [-0.05, 0) is 62.1 Å². The number of aryl methyl sites for hydroxylation is 3. The molecule has 2 aromatic carbocycles. The van der Waals surface area contributed by atoms with Crippen molar-refractivity contribution in [3.05, 3.63) is 64.0 Å². The second-order valence-corrected chi connectivity index (χ2v) is 5.65. The lowest BCUT2D eigenvalue weighted by atomic mass is 9.88. The Kier molecular flexibility index (Phi) is 4.82. The van der Waals surface area contributed by atoms with Crippen molar-refractivity contribution in [2.75, 3.05) is 7.11 Å². The average molecular weight is 297 g/mol. The zero-order valence-electron chi connectivity index (χ0n) is 13.4. The number of benzene rings is 2. The highest BCUT2D eigenvalue weighted by molar-refractivity contribution is 5.44. The average Bonchev–Trinajstić information content (AvgIpc) is 2.46. The highest BCUT2D eigenvalue weighted by atomic mass is 19.1. The Bertz CT molecular complexity index is 708. The Morgan fingerprint density at radius 3 is 2.32 bits per heavy atom. The molecule has 1 unspecified atom stereocenters. The van der Waals surface area contributed by atoms with Crippen LogP contribution in [0.1, 0.15) is 33.7 Å². The molecule has 2 aromatic rings. The highest BCUT2D eigenvalue weighted by Gasteiger charge is 2.19. The summed E-state index contributed by atoms with van der Waals surface area (Å²) in [7, 11) is 1.54. The number of ether oxygens (including phenoxy) is 1. The van der Waals surface area contributed by atoms with Crippen molar-refractivity contribution >= 4 is 0 Å². The van der Waals surface area contributed by atoms with Crippen molar-refractivity contribution in [2.24, 2.45) is 0 Å². The van der Waals surface area contributed by atoms with Crippen LogP contribution in [-0.2, 0) is 6.42 Å². The first-order chi connectivity index (χ1) is 10.5. The van der Waals surface area contributed by atoms with Crippen molar-refractivity contribution < 1.29 is 9.13 Å². The van der Waals surface area contributed by atoms with Gasteiger partial charge < -0.3 is 4.74 Å². The number of methoxy groups -OCH3 is 1. The molecular weight excluding hydrogens is 277 g/mol. The van der Waals surface area contributed by atoms with Crippen LogP contribution in [0.4, 0.5) is 4.39 Å². The molecule has 0 aromatic heterocycles. The number of hydrogen-bond donors (Lipinski definition) is 0. The molecular formula is C19H20FNO. The van der Waals surface area contributed by atoms with E-state index in [-0.39, 0.29) is 5.82 Å². The Labute approximate surface area is 131 Å². The van der Waals surface area contributed by atoms with Crippen molar-refractivity contribution in [1.82, 2.24) is 0 Å². The van der Waals surface area contributed by atoms with Gasteiger partial charge in [-0.15, -0.1) is 0 Å². The van der Waals surface area contributed by atoms with Gasteiger partial charge in [0.1, 0.15) is 11.6 Å². The van der Waals surface area contributed by atoms with Crippen LogP contribution in [0, 0.1) is 37.9 Å². The van der Waals surface area contributed by atoms with Gasteiger partial charge in [0, 0.05) is 5.56 Å². The topological polar surface area (TPSA) is 33.0 Å². The Balaban J connectivity index is 2.43. The van der Waals surface area contributed by atoms with Crippen LogP contribution in [0.5, 0.6) is 5.75 Å². The molecule has 0 amide bonds. The summed E-state index contributed by atoms with van der Waals surface area (Å²) in [5.41, 5.74) is 5.27. The number of nitrogens with zero attached hydrogens (tertiary/aromatic N) is 1. The molecule has 0 aliphatic rings. The summed E-state index contributed by atoms with van der Waals surface area (Å²) in [4.78, 5) is 0. The molecule has 0 radical (unpaired) electrons. The van der Waals surface area contributed by atoms with E-state index in [0.717, 1.165) is 16.7 Å². The molecule has 2 rings (SSSR count). The minimum Gasteiger partial charge on any atom is -0.496 e. The van der Waals surface area contributed by atoms with Crippen LogP contribution in [0.3, 0.4) is 0 Å². The number of rotatable bonds is 4. The number of nitriles is 1. The smallest absolute Gasteiger partial charge is 0.123 e. The van der Waals surface area contributed by atoms with Crippen molar-refractivity contribution in [2.45, 2.75) is 33.1 Å². The SMILES string of the molecule is COc1ccc(F)cc1C(C#N)Cc1c(C)cc(C)cc1C. The van der Waals surface area contributed by atoms with Crippen LogP contribution in [0.15, 0.2) is 30.3 Å². The molecule has 0 saturated heterocycles. The fourth-order valence-electron chi connectivity index (χ4n) is 2.94. The normalized spacial score (nSPS) is 11.8. The third kappa shape index (κ3) is 3.28. The molecule has 0 aliphatic carbocycles. The monoisotopic (exact) mass is 297 g/mol. The molecule has 3 heteroatoms. The van der Waals surface area contributed by atoms with E-state index in [0.29, 0.717) is 17.7 Å². The minimum atomic E-state index is -0.439. The lowest BCUT2D eigenvalue weighted by Crippen LogP contribution is -2.06. The van der Waals surface area contributed by atoms with Gasteiger partial charge in [0.05, 0.1) is 19.1 Å². The van der Waals surface area contributed by atoms with E-state index < -0.39 is 5.92 Å². The molecule has 0 N–H and O–H groups in total. The van der Waals surface area contributed by atoms with Crippen LogP contribution in [0.25, 0.3) is 0 Å². The second-order valence-electron chi connectivity index (χ2n) is 5.65. The van der Waals surface area contributed by atoms with Gasteiger partial charge in [-0.1, -0.05) is 17.7 Å². The number of hydrogen-bond acceptors (Lipinski definition) is 2. The molecule has 0 saturated carbocycles. The third-order valence-corrected chi connectivity index (χ3v) is 3.97. The molecule has 114 valence electrons. The minimum absolute atomic E-state index is 0.353. The van der Waals surface area contributed by atoms with E-state index in [9.17, 15) is 9.65 Å². The molecule has 22 heavy (non-hydrogen) atoms. The van der Waals surface area contributed by atoms with E-state index in [1.807, 2.05) is 13.8 Å². The summed E-state index contributed by atoms with van der Waals surface area (Å²) < 4.78 is 18.8. The fourth-order valence-corrected chi connectivity index (χ4v) is 2.94. The summed E-state index contributed by atoms with van der Waals surface area (Å²) in [5.74, 6) is -0.241. The van der Waals surface area contributed by atoms with Crippen molar-refractivity contribution in [3.63, 3.8) is 0 Å². The summed E-state index contributed by atoms with van der Waals surface area (Å²) in [6.07, 6.45) is 0.550. The lowest BCUT2D eigenvalue weighted by molar-refractivity contribution is 0.406. The molecule has 0 bridgehead atoms. The van der Waals surface area contributed by atoms with E-state index >= 15 is 0 Å². The van der Waals surface area contributed by atoms with Gasteiger partial charge in [0.25, 0.3) is 0 Å². The van der Waals surface area contributed by atoms with Gasteiger partial charge in [0.2, 0.25) is 0 Å². The quantitative estimate of drug-likeness (QED) is 0.825.